The third-order valence-corrected chi connectivity index (χ3v) is 3.03. The van der Waals surface area contributed by atoms with Gasteiger partial charge in [0, 0.05) is 6.54 Å². The van der Waals surface area contributed by atoms with Gasteiger partial charge in [0.2, 0.25) is 0 Å². The molecule has 1 aromatic heterocycles. The van der Waals surface area contributed by atoms with E-state index >= 15 is 0 Å². The van der Waals surface area contributed by atoms with Gasteiger partial charge in [-0.1, -0.05) is 25.4 Å². The monoisotopic (exact) mass is 286 g/mol. The molecular weight excluding hydrogens is 268 g/mol. The molecule has 0 amide bonds. The molecule has 0 radical (unpaired) electrons. The van der Waals surface area contributed by atoms with Gasteiger partial charge in [0.05, 0.1) is 17.1 Å². The second-order valence-corrected chi connectivity index (χ2v) is 4.48. The first-order valence-electron chi connectivity index (χ1n) is 6.35. The van der Waals surface area contributed by atoms with Crippen molar-refractivity contribution in [2.24, 2.45) is 0 Å². The van der Waals surface area contributed by atoms with Crippen LogP contribution in [0.2, 0.25) is 5.15 Å². The zero-order chi connectivity index (χ0) is 14.3. The SMILES string of the molecule is CCN(CC)CCCNc1cc([N+](=O)[O-])cc(Cl)n1. The standard InChI is InChI=1S/C12H19ClN4O2/c1-3-16(4-2)7-5-6-14-12-9-10(17(18)19)8-11(13)15-12/h8-9H,3-7H2,1-2H3,(H,14,15). The minimum absolute atomic E-state index is 0.0498. The van der Waals surface area contributed by atoms with Crippen LogP contribution in [0.1, 0.15) is 20.3 Å². The smallest absolute Gasteiger partial charge is 0.276 e. The number of nitrogens with zero attached hydrogens (tertiary/aromatic N) is 3. The van der Waals surface area contributed by atoms with E-state index in [-0.39, 0.29) is 10.8 Å². The molecule has 0 aliphatic carbocycles. The Morgan fingerprint density at radius 3 is 2.68 bits per heavy atom. The fourth-order valence-electron chi connectivity index (χ4n) is 1.74. The van der Waals surface area contributed by atoms with Crippen LogP contribution < -0.4 is 5.32 Å². The minimum atomic E-state index is -0.478. The Bertz CT molecular complexity index is 424. The summed E-state index contributed by atoms with van der Waals surface area (Å²) in [5.74, 6) is 0.443. The molecule has 7 heteroatoms. The average molecular weight is 287 g/mol. The fraction of sp³-hybridized carbons (Fsp3) is 0.583. The molecule has 106 valence electrons. The molecule has 0 aromatic carbocycles. The van der Waals surface area contributed by atoms with Crippen molar-refractivity contribution in [3.63, 3.8) is 0 Å². The van der Waals surface area contributed by atoms with Gasteiger partial charge in [-0.2, -0.15) is 0 Å². The Kier molecular flexibility index (Phi) is 6.52. The lowest BCUT2D eigenvalue weighted by Gasteiger charge is -2.17. The molecule has 19 heavy (non-hydrogen) atoms. The highest BCUT2D eigenvalue weighted by atomic mass is 35.5. The lowest BCUT2D eigenvalue weighted by atomic mass is 10.3. The topological polar surface area (TPSA) is 71.3 Å². The van der Waals surface area contributed by atoms with Crippen LogP contribution in [0, 0.1) is 10.1 Å². The zero-order valence-electron chi connectivity index (χ0n) is 11.2. The summed E-state index contributed by atoms with van der Waals surface area (Å²) in [5.41, 5.74) is -0.0498. The van der Waals surface area contributed by atoms with E-state index in [0.29, 0.717) is 12.4 Å². The third kappa shape index (κ3) is 5.40. The van der Waals surface area contributed by atoms with Gasteiger partial charge < -0.3 is 10.2 Å². The van der Waals surface area contributed by atoms with Crippen molar-refractivity contribution < 1.29 is 4.92 Å². The van der Waals surface area contributed by atoms with Gasteiger partial charge in [0.25, 0.3) is 5.69 Å². The number of nitro groups is 1. The van der Waals surface area contributed by atoms with E-state index in [9.17, 15) is 10.1 Å². The predicted octanol–water partition coefficient (Wildman–Crippen LogP) is 2.79. The predicted molar refractivity (Wildman–Crippen MR) is 76.8 cm³/mol. The quantitative estimate of drug-likeness (QED) is 0.344. The molecule has 1 heterocycles. The number of anilines is 1. The summed E-state index contributed by atoms with van der Waals surface area (Å²) in [6.07, 6.45) is 0.948. The molecule has 6 nitrogen and oxygen atoms in total. The Morgan fingerprint density at radius 2 is 2.11 bits per heavy atom. The van der Waals surface area contributed by atoms with E-state index in [2.05, 4.69) is 29.0 Å². The van der Waals surface area contributed by atoms with E-state index in [4.69, 9.17) is 11.6 Å². The molecule has 0 bridgehead atoms. The highest BCUT2D eigenvalue weighted by molar-refractivity contribution is 6.29. The van der Waals surface area contributed by atoms with Gasteiger partial charge in [0.15, 0.2) is 0 Å². The summed E-state index contributed by atoms with van der Waals surface area (Å²) >= 11 is 5.74. The molecule has 0 atom stereocenters. The normalized spacial score (nSPS) is 10.7. The first-order chi connectivity index (χ1) is 9.06. The highest BCUT2D eigenvalue weighted by Gasteiger charge is 2.09. The van der Waals surface area contributed by atoms with Crippen molar-refractivity contribution in [1.29, 1.82) is 0 Å². The Balaban J connectivity index is 2.47. The summed E-state index contributed by atoms with van der Waals surface area (Å²) in [5, 5.41) is 13.9. The Labute approximate surface area is 117 Å². The van der Waals surface area contributed by atoms with Crippen LogP contribution in [-0.2, 0) is 0 Å². The van der Waals surface area contributed by atoms with Crippen LogP contribution in [0.5, 0.6) is 0 Å². The number of nitrogens with one attached hydrogen (secondary N) is 1. The van der Waals surface area contributed by atoms with Crippen molar-refractivity contribution in [3.8, 4) is 0 Å². The molecular formula is C12H19ClN4O2. The van der Waals surface area contributed by atoms with E-state index < -0.39 is 4.92 Å². The number of pyridine rings is 1. The van der Waals surface area contributed by atoms with Crippen LogP contribution in [-0.4, -0.2) is 41.0 Å². The maximum atomic E-state index is 10.7. The number of halogens is 1. The van der Waals surface area contributed by atoms with Crippen LogP contribution in [0.15, 0.2) is 12.1 Å². The average Bonchev–Trinajstić information content (AvgIpc) is 2.38. The summed E-state index contributed by atoms with van der Waals surface area (Å²) in [6.45, 7) is 8.00. The van der Waals surface area contributed by atoms with E-state index in [0.717, 1.165) is 26.1 Å². The molecule has 0 spiro atoms. The lowest BCUT2D eigenvalue weighted by molar-refractivity contribution is -0.384. The number of hydrogen-bond acceptors (Lipinski definition) is 5. The van der Waals surface area contributed by atoms with Gasteiger partial charge in [-0.3, -0.25) is 10.1 Å². The minimum Gasteiger partial charge on any atom is -0.370 e. The molecule has 0 aliphatic heterocycles. The molecule has 0 unspecified atom stereocenters. The van der Waals surface area contributed by atoms with Crippen LogP contribution in [0.25, 0.3) is 0 Å². The molecule has 1 rings (SSSR count). The molecule has 0 saturated heterocycles. The van der Waals surface area contributed by atoms with Gasteiger partial charge in [-0.25, -0.2) is 4.98 Å². The molecule has 1 aromatic rings. The van der Waals surface area contributed by atoms with E-state index in [1.807, 2.05) is 0 Å². The highest BCUT2D eigenvalue weighted by Crippen LogP contribution is 2.20. The number of aromatic nitrogens is 1. The van der Waals surface area contributed by atoms with Crippen LogP contribution >= 0.6 is 11.6 Å². The van der Waals surface area contributed by atoms with Crippen molar-refractivity contribution >= 4 is 23.1 Å². The second-order valence-electron chi connectivity index (χ2n) is 4.10. The molecule has 0 saturated carbocycles. The fourth-order valence-corrected chi connectivity index (χ4v) is 1.94. The molecule has 0 aliphatic rings. The van der Waals surface area contributed by atoms with E-state index in [1.54, 1.807) is 0 Å². The Morgan fingerprint density at radius 1 is 1.42 bits per heavy atom. The van der Waals surface area contributed by atoms with Crippen LogP contribution in [0.4, 0.5) is 11.5 Å². The molecule has 0 fully saturated rings. The summed E-state index contributed by atoms with van der Waals surface area (Å²) in [7, 11) is 0. The van der Waals surface area contributed by atoms with Gasteiger partial charge >= 0.3 is 0 Å². The number of rotatable bonds is 8. The van der Waals surface area contributed by atoms with Gasteiger partial charge in [0.1, 0.15) is 11.0 Å². The van der Waals surface area contributed by atoms with Crippen molar-refractivity contribution in [3.05, 3.63) is 27.4 Å². The van der Waals surface area contributed by atoms with E-state index in [1.165, 1.54) is 12.1 Å². The summed E-state index contributed by atoms with van der Waals surface area (Å²) < 4.78 is 0. The molecule has 1 N–H and O–H groups in total. The van der Waals surface area contributed by atoms with Gasteiger partial charge in [-0.15, -0.1) is 0 Å². The van der Waals surface area contributed by atoms with Gasteiger partial charge in [-0.05, 0) is 26.1 Å². The van der Waals surface area contributed by atoms with Crippen LogP contribution in [0.3, 0.4) is 0 Å². The maximum absolute atomic E-state index is 10.7. The number of hydrogen-bond donors (Lipinski definition) is 1. The zero-order valence-corrected chi connectivity index (χ0v) is 12.0. The summed E-state index contributed by atoms with van der Waals surface area (Å²) in [4.78, 5) is 16.5. The second kappa shape index (κ2) is 7.91. The van der Waals surface area contributed by atoms with Crippen molar-refractivity contribution in [1.82, 2.24) is 9.88 Å². The maximum Gasteiger partial charge on any atom is 0.276 e. The Hall–Kier alpha value is -1.40. The largest absolute Gasteiger partial charge is 0.370 e. The lowest BCUT2D eigenvalue weighted by Crippen LogP contribution is -2.25. The third-order valence-electron chi connectivity index (χ3n) is 2.84. The first kappa shape index (κ1) is 15.7. The van der Waals surface area contributed by atoms with Crippen molar-refractivity contribution in [2.45, 2.75) is 20.3 Å². The van der Waals surface area contributed by atoms with Crippen molar-refractivity contribution in [2.75, 3.05) is 31.5 Å². The summed E-state index contributed by atoms with van der Waals surface area (Å²) in [6, 6.07) is 2.63. The first-order valence-corrected chi connectivity index (χ1v) is 6.72.